The topological polar surface area (TPSA) is 164 Å². The smallest absolute Gasteiger partial charge is 0.273 e. The fraction of sp³-hybridized carbons (Fsp3) is 0.387. The van der Waals surface area contributed by atoms with Crippen molar-refractivity contribution in [2.75, 3.05) is 19.6 Å². The van der Waals surface area contributed by atoms with E-state index >= 15 is 0 Å². The van der Waals surface area contributed by atoms with E-state index in [0.717, 1.165) is 5.56 Å². The number of amides is 4. The first-order valence-corrected chi connectivity index (χ1v) is 15.7. The standard InChI is InChI=1S/C31H36N8O5S/c1-5-39-19(4)21(14-33-39)31(43)38-12-11-32-27(41)23-16-44-29(35-23)22(13-20-9-7-6-8-10-20)34-28(42)24-17-45-30(36-24)26(18(2)3)37-25(40)15-38/h6-10,14,16-18,22,26H,5,11-13,15H2,1-4H3,(H,32,41)(H,34,42)(H,37,40)/t22-,26-/m0/s1. The summed E-state index contributed by atoms with van der Waals surface area (Å²) in [5, 5.41) is 15.2. The molecular weight excluding hydrogens is 596 g/mol. The van der Waals surface area contributed by atoms with Gasteiger partial charge in [0.15, 0.2) is 5.69 Å². The Balaban J connectivity index is 1.47. The molecule has 3 N–H and O–H groups in total. The van der Waals surface area contributed by atoms with Gasteiger partial charge in [-0.1, -0.05) is 44.2 Å². The number of thiazole rings is 1. The van der Waals surface area contributed by atoms with Crippen molar-refractivity contribution < 1.29 is 23.6 Å². The van der Waals surface area contributed by atoms with Gasteiger partial charge in [0.1, 0.15) is 23.0 Å². The maximum Gasteiger partial charge on any atom is 0.273 e. The highest BCUT2D eigenvalue weighted by Gasteiger charge is 2.29. The van der Waals surface area contributed by atoms with Gasteiger partial charge in [0.05, 0.1) is 24.3 Å². The van der Waals surface area contributed by atoms with Gasteiger partial charge in [-0.2, -0.15) is 5.10 Å². The fourth-order valence-electron chi connectivity index (χ4n) is 5.07. The van der Waals surface area contributed by atoms with E-state index in [1.807, 2.05) is 51.1 Å². The summed E-state index contributed by atoms with van der Waals surface area (Å²) in [5.41, 5.74) is 2.18. The second kappa shape index (κ2) is 13.8. The number of oxazole rings is 1. The highest BCUT2D eigenvalue weighted by Crippen LogP contribution is 2.26. The zero-order chi connectivity index (χ0) is 32.1. The molecule has 3 aromatic heterocycles. The number of benzene rings is 1. The summed E-state index contributed by atoms with van der Waals surface area (Å²) < 4.78 is 7.40. The number of hydrogen-bond acceptors (Lipinski definition) is 9. The molecule has 5 rings (SSSR count). The molecule has 0 unspecified atom stereocenters. The average molecular weight is 633 g/mol. The number of nitrogens with one attached hydrogen (secondary N) is 3. The van der Waals surface area contributed by atoms with Gasteiger partial charge in [-0.15, -0.1) is 11.3 Å². The highest BCUT2D eigenvalue weighted by atomic mass is 32.1. The van der Waals surface area contributed by atoms with E-state index in [-0.39, 0.29) is 48.7 Å². The minimum Gasteiger partial charge on any atom is -0.446 e. The second-order valence-electron chi connectivity index (χ2n) is 11.1. The molecule has 14 heteroatoms. The lowest BCUT2D eigenvalue weighted by molar-refractivity contribution is -0.122. The Kier molecular flexibility index (Phi) is 9.71. The molecule has 0 saturated heterocycles. The summed E-state index contributed by atoms with van der Waals surface area (Å²) in [6.45, 7) is 8.03. The molecule has 236 valence electrons. The van der Waals surface area contributed by atoms with Crippen LogP contribution in [0, 0.1) is 12.8 Å². The summed E-state index contributed by atoms with van der Waals surface area (Å²) >= 11 is 1.27. The largest absolute Gasteiger partial charge is 0.446 e. The van der Waals surface area contributed by atoms with E-state index in [9.17, 15) is 19.2 Å². The number of aromatic nitrogens is 4. The van der Waals surface area contributed by atoms with Crippen LogP contribution in [-0.2, 0) is 17.8 Å². The Morgan fingerprint density at radius 2 is 1.87 bits per heavy atom. The highest BCUT2D eigenvalue weighted by molar-refractivity contribution is 7.09. The van der Waals surface area contributed by atoms with Crippen LogP contribution in [0.15, 0.2) is 52.6 Å². The predicted molar refractivity (Wildman–Crippen MR) is 166 cm³/mol. The Labute approximate surface area is 264 Å². The van der Waals surface area contributed by atoms with Crippen LogP contribution in [0.25, 0.3) is 0 Å². The van der Waals surface area contributed by atoms with Gasteiger partial charge in [-0.25, -0.2) is 9.97 Å². The van der Waals surface area contributed by atoms with Crippen LogP contribution in [0.4, 0.5) is 0 Å². The van der Waals surface area contributed by atoms with Crippen molar-refractivity contribution in [3.05, 3.63) is 87.3 Å². The number of hydrogen-bond donors (Lipinski definition) is 3. The van der Waals surface area contributed by atoms with Crippen LogP contribution >= 0.6 is 11.3 Å². The normalized spacial score (nSPS) is 18.2. The van der Waals surface area contributed by atoms with Crippen LogP contribution in [0.5, 0.6) is 0 Å². The fourth-order valence-corrected chi connectivity index (χ4v) is 6.09. The SMILES string of the molecule is CCn1ncc(C(=O)N2CCNC(=O)c3coc(n3)[C@H](Cc3ccccc3)NC(=O)c3csc(n3)[C@H](C(C)C)NC(=O)C2)c1C. The molecule has 1 aliphatic heterocycles. The first kappa shape index (κ1) is 31.6. The number of rotatable bonds is 5. The Hall–Kier alpha value is -4.85. The molecule has 45 heavy (non-hydrogen) atoms. The van der Waals surface area contributed by atoms with Crippen LogP contribution in [-0.4, -0.2) is 67.9 Å². The summed E-state index contributed by atoms with van der Waals surface area (Å²) in [5.74, 6) is -1.65. The van der Waals surface area contributed by atoms with Crippen LogP contribution < -0.4 is 16.0 Å². The van der Waals surface area contributed by atoms with Gasteiger partial charge in [0, 0.05) is 37.1 Å². The second-order valence-corrected chi connectivity index (χ2v) is 12.0. The van der Waals surface area contributed by atoms with Crippen LogP contribution in [0.1, 0.15) is 86.3 Å². The van der Waals surface area contributed by atoms with E-state index in [0.29, 0.717) is 29.2 Å². The van der Waals surface area contributed by atoms with Gasteiger partial charge >= 0.3 is 0 Å². The van der Waals surface area contributed by atoms with E-state index in [4.69, 9.17) is 4.42 Å². The van der Waals surface area contributed by atoms with Crippen molar-refractivity contribution >= 4 is 35.0 Å². The maximum absolute atomic E-state index is 13.6. The van der Waals surface area contributed by atoms with Gasteiger partial charge in [0.2, 0.25) is 11.8 Å². The third-order valence-corrected chi connectivity index (χ3v) is 8.49. The lowest BCUT2D eigenvalue weighted by Crippen LogP contribution is -2.45. The van der Waals surface area contributed by atoms with Crippen molar-refractivity contribution in [1.82, 2.24) is 40.6 Å². The Bertz CT molecular complexity index is 1680. The zero-order valence-corrected chi connectivity index (χ0v) is 26.4. The van der Waals surface area contributed by atoms with Gasteiger partial charge < -0.3 is 25.3 Å². The minimum absolute atomic E-state index is 0.0184. The van der Waals surface area contributed by atoms with E-state index in [1.54, 1.807) is 17.0 Å². The monoisotopic (exact) mass is 632 g/mol. The zero-order valence-electron chi connectivity index (χ0n) is 25.6. The third kappa shape index (κ3) is 7.28. The lowest BCUT2D eigenvalue weighted by atomic mass is 10.0. The van der Waals surface area contributed by atoms with Crippen molar-refractivity contribution in [3.63, 3.8) is 0 Å². The van der Waals surface area contributed by atoms with Gasteiger partial charge in [-0.3, -0.25) is 23.9 Å². The number of aryl methyl sites for hydroxylation is 1. The first-order valence-electron chi connectivity index (χ1n) is 14.8. The molecule has 0 spiro atoms. The molecule has 0 radical (unpaired) electrons. The molecule has 0 saturated carbocycles. The van der Waals surface area contributed by atoms with Crippen molar-refractivity contribution in [2.24, 2.45) is 5.92 Å². The predicted octanol–water partition coefficient (Wildman–Crippen LogP) is 3.07. The third-order valence-electron chi connectivity index (χ3n) is 7.57. The van der Waals surface area contributed by atoms with Gasteiger partial charge in [0.25, 0.3) is 17.7 Å². The quantitative estimate of drug-likeness (QED) is 0.302. The molecule has 4 aromatic rings. The van der Waals surface area contributed by atoms with Crippen LogP contribution in [0.3, 0.4) is 0 Å². The number of nitrogens with zero attached hydrogens (tertiary/aromatic N) is 5. The lowest BCUT2D eigenvalue weighted by Gasteiger charge is -2.25. The summed E-state index contributed by atoms with van der Waals surface area (Å²) in [7, 11) is 0. The number of carbonyl (C=O) groups excluding carboxylic acids is 4. The Morgan fingerprint density at radius 1 is 1.09 bits per heavy atom. The molecule has 2 atom stereocenters. The molecule has 1 aromatic carbocycles. The molecule has 1 aliphatic rings. The number of fused-ring (bicyclic) bond motifs is 4. The number of carbonyl (C=O) groups is 4. The van der Waals surface area contributed by atoms with Gasteiger partial charge in [-0.05, 0) is 25.3 Å². The van der Waals surface area contributed by atoms with E-state index in [1.165, 1.54) is 28.7 Å². The molecular formula is C31H36N8O5S. The van der Waals surface area contributed by atoms with Crippen molar-refractivity contribution in [3.8, 4) is 0 Å². The van der Waals surface area contributed by atoms with Crippen molar-refractivity contribution in [1.29, 1.82) is 0 Å². The molecule has 4 heterocycles. The van der Waals surface area contributed by atoms with Crippen molar-refractivity contribution in [2.45, 2.75) is 52.7 Å². The van der Waals surface area contributed by atoms with E-state index < -0.39 is 29.8 Å². The molecule has 4 amide bonds. The summed E-state index contributed by atoms with van der Waals surface area (Å²) in [6.07, 6.45) is 3.09. The molecule has 13 nitrogen and oxygen atoms in total. The molecule has 0 aliphatic carbocycles. The molecule has 0 fully saturated rings. The molecule has 4 bridgehead atoms. The first-order chi connectivity index (χ1) is 21.6. The summed E-state index contributed by atoms with van der Waals surface area (Å²) in [4.78, 5) is 63.8. The summed E-state index contributed by atoms with van der Waals surface area (Å²) in [6, 6.07) is 8.34. The van der Waals surface area contributed by atoms with Crippen LogP contribution in [0.2, 0.25) is 0 Å². The maximum atomic E-state index is 13.6. The minimum atomic E-state index is -0.688. The van der Waals surface area contributed by atoms with E-state index in [2.05, 4.69) is 31.0 Å². The Morgan fingerprint density at radius 3 is 2.58 bits per heavy atom. The average Bonchev–Trinajstić information content (AvgIpc) is 3.79.